The summed E-state index contributed by atoms with van der Waals surface area (Å²) in [6.45, 7) is 0.577. The average Bonchev–Trinajstić information content (AvgIpc) is 2.82. The first-order chi connectivity index (χ1) is 9.67. The summed E-state index contributed by atoms with van der Waals surface area (Å²) < 4.78 is 12.1. The number of nitrogens with two attached hydrogens (primary N) is 1. The Morgan fingerprint density at radius 3 is 2.80 bits per heavy atom. The second-order valence-corrected chi connectivity index (χ2v) is 6.45. The van der Waals surface area contributed by atoms with Gasteiger partial charge in [0.2, 0.25) is 0 Å². The van der Waals surface area contributed by atoms with Crippen molar-refractivity contribution in [1.82, 2.24) is 0 Å². The lowest BCUT2D eigenvalue weighted by Crippen LogP contribution is -2.32. The van der Waals surface area contributed by atoms with Crippen LogP contribution in [-0.4, -0.2) is 18.3 Å². The van der Waals surface area contributed by atoms with Gasteiger partial charge in [-0.25, -0.2) is 0 Å². The first-order valence-corrected chi connectivity index (χ1v) is 7.90. The number of halogens is 1. The number of anilines is 1. The Morgan fingerprint density at radius 1 is 1.25 bits per heavy atom. The third-order valence-electron chi connectivity index (χ3n) is 4.50. The monoisotopic (exact) mass is 295 g/mol. The second kappa shape index (κ2) is 5.82. The van der Waals surface area contributed by atoms with Gasteiger partial charge in [0.25, 0.3) is 0 Å². The van der Waals surface area contributed by atoms with Crippen molar-refractivity contribution in [3.63, 3.8) is 0 Å². The maximum absolute atomic E-state index is 6.28. The number of nitrogen functional groups attached to an aromatic ring is 1. The minimum atomic E-state index is 0.151. The van der Waals surface area contributed by atoms with Crippen molar-refractivity contribution in [2.24, 2.45) is 0 Å². The van der Waals surface area contributed by atoms with Crippen molar-refractivity contribution >= 4 is 17.3 Å². The van der Waals surface area contributed by atoms with Gasteiger partial charge < -0.3 is 15.2 Å². The van der Waals surface area contributed by atoms with Crippen molar-refractivity contribution in [1.29, 1.82) is 0 Å². The molecular weight excluding hydrogens is 274 g/mol. The molecule has 2 aliphatic rings. The van der Waals surface area contributed by atoms with E-state index in [0.717, 1.165) is 6.42 Å². The van der Waals surface area contributed by atoms with Gasteiger partial charge in [0.1, 0.15) is 12.4 Å². The van der Waals surface area contributed by atoms with E-state index < -0.39 is 0 Å². The van der Waals surface area contributed by atoms with E-state index in [9.17, 15) is 0 Å². The van der Waals surface area contributed by atoms with Crippen molar-refractivity contribution in [3.8, 4) is 5.75 Å². The fraction of sp³-hybridized carbons (Fsp3) is 0.625. The molecule has 0 aromatic heterocycles. The molecule has 110 valence electrons. The maximum Gasteiger partial charge on any atom is 0.142 e. The Labute approximate surface area is 125 Å². The summed E-state index contributed by atoms with van der Waals surface area (Å²) in [5, 5.41) is 0.633. The van der Waals surface area contributed by atoms with Crippen LogP contribution in [0.5, 0.6) is 5.75 Å². The Bertz CT molecular complexity index is 472. The van der Waals surface area contributed by atoms with Crippen LogP contribution in [0.1, 0.15) is 44.9 Å². The molecule has 1 aliphatic carbocycles. The Kier molecular flexibility index (Phi) is 4.08. The highest BCUT2D eigenvalue weighted by Crippen LogP contribution is 2.42. The molecule has 3 nitrogen and oxygen atoms in total. The minimum Gasteiger partial charge on any atom is -0.489 e. The quantitative estimate of drug-likeness (QED) is 0.851. The van der Waals surface area contributed by atoms with E-state index in [1.807, 2.05) is 6.07 Å². The van der Waals surface area contributed by atoms with Gasteiger partial charge in [-0.1, -0.05) is 30.9 Å². The van der Waals surface area contributed by atoms with Crippen LogP contribution in [0.2, 0.25) is 5.02 Å². The highest BCUT2D eigenvalue weighted by Gasteiger charge is 2.40. The normalized spacial score (nSPS) is 24.9. The standard InChI is InChI=1S/C16H22ClNO2/c17-12-4-5-15(14(18)10-12)19-11-13-6-9-16(20-13)7-2-1-3-8-16/h4-5,10,13H,1-3,6-9,11,18H2. The Morgan fingerprint density at radius 2 is 2.05 bits per heavy atom. The van der Waals surface area contributed by atoms with Crippen LogP contribution in [0.3, 0.4) is 0 Å². The minimum absolute atomic E-state index is 0.151. The molecule has 0 bridgehead atoms. The maximum atomic E-state index is 6.28. The number of ether oxygens (including phenoxy) is 2. The topological polar surface area (TPSA) is 44.5 Å². The van der Waals surface area contributed by atoms with Crippen LogP contribution in [0.25, 0.3) is 0 Å². The molecule has 1 saturated heterocycles. The third-order valence-corrected chi connectivity index (χ3v) is 4.74. The zero-order valence-corrected chi connectivity index (χ0v) is 12.5. The van der Waals surface area contributed by atoms with E-state index in [-0.39, 0.29) is 11.7 Å². The van der Waals surface area contributed by atoms with E-state index in [4.69, 9.17) is 26.8 Å². The lowest BCUT2D eigenvalue weighted by atomic mass is 9.83. The predicted molar refractivity (Wildman–Crippen MR) is 81.3 cm³/mol. The first-order valence-electron chi connectivity index (χ1n) is 7.53. The molecule has 1 saturated carbocycles. The van der Waals surface area contributed by atoms with E-state index in [1.54, 1.807) is 12.1 Å². The lowest BCUT2D eigenvalue weighted by Gasteiger charge is -2.33. The number of hydrogen-bond donors (Lipinski definition) is 1. The molecule has 1 heterocycles. The van der Waals surface area contributed by atoms with Gasteiger partial charge in [0, 0.05) is 5.02 Å². The molecule has 1 unspecified atom stereocenters. The van der Waals surface area contributed by atoms with E-state index in [2.05, 4.69) is 0 Å². The molecule has 3 rings (SSSR count). The van der Waals surface area contributed by atoms with Gasteiger partial charge in [-0.3, -0.25) is 0 Å². The molecule has 2 fully saturated rings. The van der Waals surface area contributed by atoms with Gasteiger partial charge in [0.15, 0.2) is 0 Å². The summed E-state index contributed by atoms with van der Waals surface area (Å²) in [5.41, 5.74) is 6.63. The molecule has 20 heavy (non-hydrogen) atoms. The molecule has 2 N–H and O–H groups in total. The number of benzene rings is 1. The molecule has 0 radical (unpaired) electrons. The predicted octanol–water partition coefficient (Wildman–Crippen LogP) is 4.18. The first kappa shape index (κ1) is 14.0. The van der Waals surface area contributed by atoms with E-state index >= 15 is 0 Å². The van der Waals surface area contributed by atoms with Crippen LogP contribution in [0.15, 0.2) is 18.2 Å². The molecule has 4 heteroatoms. The molecule has 1 aromatic carbocycles. The van der Waals surface area contributed by atoms with E-state index in [0.29, 0.717) is 23.1 Å². The SMILES string of the molecule is Nc1cc(Cl)ccc1OCC1CCC2(CCCCC2)O1. The summed E-state index contributed by atoms with van der Waals surface area (Å²) in [7, 11) is 0. The summed E-state index contributed by atoms with van der Waals surface area (Å²) in [4.78, 5) is 0. The van der Waals surface area contributed by atoms with Crippen LogP contribution < -0.4 is 10.5 Å². The van der Waals surface area contributed by atoms with E-state index in [1.165, 1.54) is 38.5 Å². The Balaban J connectivity index is 1.54. The third kappa shape index (κ3) is 3.04. The zero-order chi connectivity index (χ0) is 14.0. The average molecular weight is 296 g/mol. The highest BCUT2D eigenvalue weighted by molar-refractivity contribution is 6.30. The molecule has 1 aromatic rings. The molecule has 1 aliphatic heterocycles. The Hall–Kier alpha value is -0.930. The summed E-state index contributed by atoms with van der Waals surface area (Å²) in [6, 6.07) is 5.34. The van der Waals surface area contributed by atoms with Gasteiger partial charge in [0.05, 0.1) is 17.4 Å². The summed E-state index contributed by atoms with van der Waals surface area (Å²) >= 11 is 5.88. The van der Waals surface area contributed by atoms with Gasteiger partial charge >= 0.3 is 0 Å². The largest absolute Gasteiger partial charge is 0.489 e. The van der Waals surface area contributed by atoms with Crippen LogP contribution in [0, 0.1) is 0 Å². The van der Waals surface area contributed by atoms with Crippen molar-refractivity contribution in [2.75, 3.05) is 12.3 Å². The molecule has 1 atom stereocenters. The molecular formula is C16H22ClNO2. The fourth-order valence-corrected chi connectivity index (χ4v) is 3.59. The molecule has 1 spiro atoms. The highest BCUT2D eigenvalue weighted by atomic mass is 35.5. The van der Waals surface area contributed by atoms with Crippen molar-refractivity contribution in [3.05, 3.63) is 23.2 Å². The number of hydrogen-bond acceptors (Lipinski definition) is 3. The lowest BCUT2D eigenvalue weighted by molar-refractivity contribution is -0.0748. The fourth-order valence-electron chi connectivity index (χ4n) is 3.41. The number of rotatable bonds is 3. The zero-order valence-electron chi connectivity index (χ0n) is 11.7. The van der Waals surface area contributed by atoms with Crippen LogP contribution in [0.4, 0.5) is 5.69 Å². The van der Waals surface area contributed by atoms with Crippen molar-refractivity contribution in [2.45, 2.75) is 56.7 Å². The summed E-state index contributed by atoms with van der Waals surface area (Å²) in [5.74, 6) is 0.697. The van der Waals surface area contributed by atoms with Gasteiger partial charge in [-0.15, -0.1) is 0 Å². The van der Waals surface area contributed by atoms with Gasteiger partial charge in [-0.2, -0.15) is 0 Å². The summed E-state index contributed by atoms with van der Waals surface area (Å²) in [6.07, 6.45) is 8.86. The second-order valence-electron chi connectivity index (χ2n) is 6.02. The smallest absolute Gasteiger partial charge is 0.142 e. The van der Waals surface area contributed by atoms with Crippen LogP contribution >= 0.6 is 11.6 Å². The molecule has 0 amide bonds. The van der Waals surface area contributed by atoms with Gasteiger partial charge in [-0.05, 0) is 43.9 Å². The van der Waals surface area contributed by atoms with Crippen molar-refractivity contribution < 1.29 is 9.47 Å². The van der Waals surface area contributed by atoms with Crippen LogP contribution in [-0.2, 0) is 4.74 Å².